The Morgan fingerprint density at radius 3 is 2.88 bits per heavy atom. The fourth-order valence-corrected chi connectivity index (χ4v) is 2.32. The van der Waals surface area contributed by atoms with Gasteiger partial charge < -0.3 is 10.3 Å². The first-order valence-electron chi connectivity index (χ1n) is 7.54. The van der Waals surface area contributed by atoms with Gasteiger partial charge in [0.05, 0.1) is 11.6 Å². The molecule has 0 aliphatic heterocycles. The summed E-state index contributed by atoms with van der Waals surface area (Å²) >= 11 is 0. The van der Waals surface area contributed by atoms with Gasteiger partial charge in [-0.3, -0.25) is 4.79 Å². The number of anilines is 1. The van der Waals surface area contributed by atoms with Gasteiger partial charge in [0, 0.05) is 24.0 Å². The van der Waals surface area contributed by atoms with E-state index in [2.05, 4.69) is 25.8 Å². The summed E-state index contributed by atoms with van der Waals surface area (Å²) in [6.45, 7) is 4.15. The number of halogens is 1. The Labute approximate surface area is 137 Å². The van der Waals surface area contributed by atoms with Gasteiger partial charge in [-0.05, 0) is 48.5 Å². The maximum atomic E-state index is 14.4. The molecule has 0 atom stereocenters. The molecule has 8 heteroatoms. The zero-order chi connectivity index (χ0) is 17.1. The summed E-state index contributed by atoms with van der Waals surface area (Å²) in [4.78, 5) is 14.2. The van der Waals surface area contributed by atoms with Crippen molar-refractivity contribution in [1.82, 2.24) is 25.2 Å². The summed E-state index contributed by atoms with van der Waals surface area (Å²) in [7, 11) is 0. The molecule has 0 saturated carbocycles. The largest absolute Gasteiger partial charge is 0.381 e. The molecular weight excluding hydrogens is 311 g/mol. The van der Waals surface area contributed by atoms with Crippen LogP contribution in [0.3, 0.4) is 0 Å². The third-order valence-corrected chi connectivity index (χ3v) is 3.57. The lowest BCUT2D eigenvalue weighted by molar-refractivity contribution is 0.517. The van der Waals surface area contributed by atoms with Crippen LogP contribution in [-0.4, -0.2) is 25.2 Å². The molecule has 0 bridgehead atoms. The number of tetrazole rings is 1. The fraction of sp³-hybridized carbons (Fsp3) is 0.250. The van der Waals surface area contributed by atoms with Crippen molar-refractivity contribution < 1.29 is 4.39 Å². The molecule has 2 N–H and O–H groups in total. The second-order valence-corrected chi connectivity index (χ2v) is 5.61. The van der Waals surface area contributed by atoms with Crippen molar-refractivity contribution in [2.24, 2.45) is 0 Å². The summed E-state index contributed by atoms with van der Waals surface area (Å²) < 4.78 is 16.0. The van der Waals surface area contributed by atoms with Crippen LogP contribution in [0.15, 0.2) is 41.3 Å². The van der Waals surface area contributed by atoms with Crippen molar-refractivity contribution in [1.29, 1.82) is 0 Å². The number of H-pyrrole nitrogens is 1. The molecule has 0 fully saturated rings. The van der Waals surface area contributed by atoms with E-state index < -0.39 is 5.82 Å². The van der Waals surface area contributed by atoms with Gasteiger partial charge in [-0.15, -0.1) is 5.10 Å². The molecule has 0 aliphatic rings. The van der Waals surface area contributed by atoms with E-state index in [9.17, 15) is 9.18 Å². The highest BCUT2D eigenvalue weighted by atomic mass is 19.1. The third kappa shape index (κ3) is 3.17. The number of aromatic nitrogens is 5. The second kappa shape index (κ2) is 6.61. The number of nitrogens with zero attached hydrogens (tertiary/aromatic N) is 4. The van der Waals surface area contributed by atoms with E-state index in [1.165, 1.54) is 6.07 Å². The lowest BCUT2D eigenvalue weighted by atomic mass is 10.1. The fourth-order valence-electron chi connectivity index (χ4n) is 2.32. The van der Waals surface area contributed by atoms with E-state index in [0.717, 1.165) is 0 Å². The Kier molecular flexibility index (Phi) is 4.37. The van der Waals surface area contributed by atoms with Crippen molar-refractivity contribution in [2.45, 2.75) is 26.4 Å². The van der Waals surface area contributed by atoms with Crippen LogP contribution >= 0.6 is 0 Å². The molecule has 2 heterocycles. The van der Waals surface area contributed by atoms with Gasteiger partial charge in [-0.2, -0.15) is 0 Å². The summed E-state index contributed by atoms with van der Waals surface area (Å²) in [6.07, 6.45) is 1.57. The molecule has 0 aliphatic carbocycles. The monoisotopic (exact) mass is 328 g/mol. The minimum atomic E-state index is -0.432. The van der Waals surface area contributed by atoms with Gasteiger partial charge in [0.1, 0.15) is 5.82 Å². The first-order valence-corrected chi connectivity index (χ1v) is 7.54. The minimum absolute atomic E-state index is 0.0250. The predicted molar refractivity (Wildman–Crippen MR) is 88.0 cm³/mol. The minimum Gasteiger partial charge on any atom is -0.381 e. The molecule has 3 rings (SSSR count). The van der Waals surface area contributed by atoms with E-state index in [0.29, 0.717) is 29.2 Å². The second-order valence-electron chi connectivity index (χ2n) is 5.61. The van der Waals surface area contributed by atoms with Crippen LogP contribution in [0.5, 0.6) is 0 Å². The summed E-state index contributed by atoms with van der Waals surface area (Å²) in [5.74, 6) is -0.0489. The zero-order valence-corrected chi connectivity index (χ0v) is 13.3. The quantitative estimate of drug-likeness (QED) is 0.750. The highest BCUT2D eigenvalue weighted by molar-refractivity contribution is 5.60. The number of nitrogens with one attached hydrogen (secondary N) is 2. The SMILES string of the molecule is CC(C)n1nnnc1-c1ccc(NCc2ccc[nH]c2=O)cc1F. The number of pyridine rings is 1. The molecule has 0 saturated heterocycles. The van der Waals surface area contributed by atoms with Gasteiger partial charge in [0.2, 0.25) is 0 Å². The van der Waals surface area contributed by atoms with Crippen LogP contribution in [0.1, 0.15) is 25.5 Å². The van der Waals surface area contributed by atoms with Crippen molar-refractivity contribution in [3.63, 3.8) is 0 Å². The molecular formula is C16H17FN6O. The molecule has 124 valence electrons. The lowest BCUT2D eigenvalue weighted by Crippen LogP contribution is -2.14. The van der Waals surface area contributed by atoms with Crippen LogP contribution in [0.4, 0.5) is 10.1 Å². The number of aromatic amines is 1. The Hall–Kier alpha value is -3.03. The van der Waals surface area contributed by atoms with Gasteiger partial charge in [-0.1, -0.05) is 6.07 Å². The maximum absolute atomic E-state index is 14.4. The molecule has 0 amide bonds. The van der Waals surface area contributed by atoms with E-state index in [-0.39, 0.29) is 11.6 Å². The summed E-state index contributed by atoms with van der Waals surface area (Å²) in [6, 6.07) is 8.20. The van der Waals surface area contributed by atoms with Gasteiger partial charge in [0.15, 0.2) is 5.82 Å². The average Bonchev–Trinajstić information content (AvgIpc) is 3.04. The van der Waals surface area contributed by atoms with Crippen LogP contribution in [0, 0.1) is 5.82 Å². The van der Waals surface area contributed by atoms with Crippen LogP contribution < -0.4 is 10.9 Å². The van der Waals surface area contributed by atoms with Crippen LogP contribution in [0.25, 0.3) is 11.4 Å². The Bertz CT molecular complexity index is 901. The molecule has 0 spiro atoms. The highest BCUT2D eigenvalue weighted by Crippen LogP contribution is 2.25. The Morgan fingerprint density at radius 2 is 2.17 bits per heavy atom. The number of benzene rings is 1. The Morgan fingerprint density at radius 1 is 1.33 bits per heavy atom. The topological polar surface area (TPSA) is 88.5 Å². The molecule has 0 unspecified atom stereocenters. The van der Waals surface area contributed by atoms with Crippen molar-refractivity contribution in [2.75, 3.05) is 5.32 Å². The first kappa shape index (κ1) is 15.9. The van der Waals surface area contributed by atoms with Crippen LogP contribution in [0.2, 0.25) is 0 Å². The predicted octanol–water partition coefficient (Wildman–Crippen LogP) is 2.36. The number of hydrogen-bond donors (Lipinski definition) is 2. The average molecular weight is 328 g/mol. The molecule has 24 heavy (non-hydrogen) atoms. The molecule has 7 nitrogen and oxygen atoms in total. The summed E-state index contributed by atoms with van der Waals surface area (Å²) in [5.41, 5.74) is 1.31. The van der Waals surface area contributed by atoms with Crippen molar-refractivity contribution in [3.8, 4) is 11.4 Å². The molecule has 0 radical (unpaired) electrons. The smallest absolute Gasteiger partial charge is 0.252 e. The van der Waals surface area contributed by atoms with Gasteiger partial charge >= 0.3 is 0 Å². The molecule has 3 aromatic rings. The van der Waals surface area contributed by atoms with Gasteiger partial charge in [-0.25, -0.2) is 9.07 Å². The molecule has 2 aromatic heterocycles. The zero-order valence-electron chi connectivity index (χ0n) is 13.3. The normalized spacial score (nSPS) is 11.0. The third-order valence-electron chi connectivity index (χ3n) is 3.57. The lowest BCUT2D eigenvalue weighted by Gasteiger charge is -2.10. The standard InChI is InChI=1S/C16H17FN6O/c1-10(2)23-15(20-21-22-23)13-6-5-12(8-14(13)17)19-9-11-4-3-7-18-16(11)24/h3-8,10,19H,9H2,1-2H3,(H,18,24). The van der Waals surface area contributed by atoms with Crippen molar-refractivity contribution in [3.05, 3.63) is 58.3 Å². The number of rotatable bonds is 5. The Balaban J connectivity index is 1.81. The van der Waals surface area contributed by atoms with Crippen molar-refractivity contribution >= 4 is 5.69 Å². The maximum Gasteiger partial charge on any atom is 0.252 e. The van der Waals surface area contributed by atoms with E-state index in [1.54, 1.807) is 35.1 Å². The van der Waals surface area contributed by atoms with Crippen LogP contribution in [-0.2, 0) is 6.54 Å². The van der Waals surface area contributed by atoms with Gasteiger partial charge in [0.25, 0.3) is 5.56 Å². The van der Waals surface area contributed by atoms with E-state index >= 15 is 0 Å². The van der Waals surface area contributed by atoms with E-state index in [1.807, 2.05) is 13.8 Å². The number of hydrogen-bond acceptors (Lipinski definition) is 5. The highest BCUT2D eigenvalue weighted by Gasteiger charge is 2.15. The first-order chi connectivity index (χ1) is 11.6. The molecule has 1 aromatic carbocycles. The van der Waals surface area contributed by atoms with E-state index in [4.69, 9.17) is 0 Å². The summed E-state index contributed by atoms with van der Waals surface area (Å²) in [5, 5.41) is 14.4.